The van der Waals surface area contributed by atoms with Crippen LogP contribution in [-0.4, -0.2) is 39.8 Å². The third kappa shape index (κ3) is 4.56. The normalized spacial score (nSPS) is 13.4. The minimum absolute atomic E-state index is 0.0282. The Labute approximate surface area is 201 Å². The van der Waals surface area contributed by atoms with E-state index in [1.807, 2.05) is 59.4 Å². The first-order chi connectivity index (χ1) is 16.6. The van der Waals surface area contributed by atoms with Crippen molar-refractivity contribution in [2.45, 2.75) is 12.7 Å². The Kier molecular flexibility index (Phi) is 6.10. The lowest BCUT2D eigenvalue weighted by atomic mass is 10.1. The van der Waals surface area contributed by atoms with Gasteiger partial charge in [0.15, 0.2) is 0 Å². The zero-order chi connectivity index (χ0) is 23.5. The fourth-order valence-corrected chi connectivity index (χ4v) is 4.15. The lowest BCUT2D eigenvalue weighted by Crippen LogP contribution is -2.54. The van der Waals surface area contributed by atoms with Gasteiger partial charge in [0.05, 0.1) is 41.2 Å². The van der Waals surface area contributed by atoms with E-state index in [0.717, 1.165) is 11.3 Å². The average Bonchev–Trinajstić information content (AvgIpc) is 3.35. The summed E-state index contributed by atoms with van der Waals surface area (Å²) in [6.07, 6.45) is 7.01. The van der Waals surface area contributed by atoms with Crippen molar-refractivity contribution in [1.29, 1.82) is 0 Å². The third-order valence-electron chi connectivity index (χ3n) is 5.65. The average molecular weight is 476 g/mol. The minimum Gasteiger partial charge on any atom is -0.487 e. The van der Waals surface area contributed by atoms with Crippen molar-refractivity contribution in [1.82, 2.24) is 9.55 Å². The zero-order valence-corrected chi connectivity index (χ0v) is 18.9. The van der Waals surface area contributed by atoms with Gasteiger partial charge in [-0.15, -0.1) is 0 Å². The molecule has 8 heteroatoms. The van der Waals surface area contributed by atoms with Crippen molar-refractivity contribution >= 4 is 23.3 Å². The fraction of sp³-hybridized carbons (Fsp3) is 0.154. The Morgan fingerprint density at radius 3 is 2.59 bits per heavy atom. The summed E-state index contributed by atoms with van der Waals surface area (Å²) in [7, 11) is 0. The van der Waals surface area contributed by atoms with Gasteiger partial charge < -0.3 is 24.0 Å². The van der Waals surface area contributed by atoms with Crippen LogP contribution in [0, 0.1) is 0 Å². The van der Waals surface area contributed by atoms with Crippen LogP contribution >= 0.6 is 11.6 Å². The first-order valence-corrected chi connectivity index (χ1v) is 11.2. The molecule has 0 amide bonds. The number of aromatic carboxylic acids is 1. The van der Waals surface area contributed by atoms with Crippen molar-refractivity contribution in [2.24, 2.45) is 0 Å². The molecule has 1 aliphatic heterocycles. The third-order valence-corrected chi connectivity index (χ3v) is 6.00. The number of carboxylic acids is 1. The van der Waals surface area contributed by atoms with E-state index in [1.54, 1.807) is 30.6 Å². The molecule has 2 aromatic heterocycles. The number of hydrogen-bond acceptors (Lipinski definition) is 5. The van der Waals surface area contributed by atoms with Crippen LogP contribution in [-0.2, 0) is 6.61 Å². The van der Waals surface area contributed by atoms with E-state index in [0.29, 0.717) is 41.9 Å². The number of halogens is 1. The molecular formula is C26H22ClN3O4. The summed E-state index contributed by atoms with van der Waals surface area (Å²) >= 11 is 6.45. The van der Waals surface area contributed by atoms with Crippen LogP contribution in [0.15, 0.2) is 85.5 Å². The maximum Gasteiger partial charge on any atom is 0.337 e. The van der Waals surface area contributed by atoms with Crippen molar-refractivity contribution in [2.75, 3.05) is 18.0 Å². The lowest BCUT2D eigenvalue weighted by molar-refractivity contribution is 0.0697. The molecule has 7 nitrogen and oxygen atoms in total. The van der Waals surface area contributed by atoms with E-state index >= 15 is 0 Å². The van der Waals surface area contributed by atoms with Crippen molar-refractivity contribution in [3.8, 4) is 17.2 Å². The zero-order valence-electron chi connectivity index (χ0n) is 18.2. The Morgan fingerprint density at radius 2 is 1.88 bits per heavy atom. The minimum atomic E-state index is -0.957. The Balaban J connectivity index is 1.24. The van der Waals surface area contributed by atoms with Crippen LogP contribution in [0.1, 0.15) is 15.9 Å². The van der Waals surface area contributed by atoms with E-state index in [2.05, 4.69) is 9.88 Å². The molecule has 1 fully saturated rings. The molecule has 0 spiro atoms. The van der Waals surface area contributed by atoms with E-state index in [-0.39, 0.29) is 11.7 Å². The van der Waals surface area contributed by atoms with Crippen LogP contribution in [0.5, 0.6) is 11.5 Å². The van der Waals surface area contributed by atoms with Crippen LogP contribution in [0.4, 0.5) is 5.69 Å². The van der Waals surface area contributed by atoms with Crippen LogP contribution in [0.2, 0.25) is 5.02 Å². The maximum atomic E-state index is 11.8. The molecule has 0 aliphatic carbocycles. The van der Waals surface area contributed by atoms with Gasteiger partial charge in [0.25, 0.3) is 0 Å². The first-order valence-electron chi connectivity index (χ1n) is 10.8. The van der Waals surface area contributed by atoms with Crippen LogP contribution in [0.25, 0.3) is 5.69 Å². The number of nitrogens with zero attached hydrogens (tertiary/aromatic N) is 3. The second-order valence-electron chi connectivity index (χ2n) is 7.94. The number of ether oxygens (including phenoxy) is 2. The molecule has 1 saturated heterocycles. The highest BCUT2D eigenvalue weighted by molar-refractivity contribution is 6.31. The summed E-state index contributed by atoms with van der Waals surface area (Å²) in [6.45, 7) is 1.62. The largest absolute Gasteiger partial charge is 0.487 e. The number of carbonyl (C=O) groups is 1. The number of anilines is 1. The van der Waals surface area contributed by atoms with E-state index in [4.69, 9.17) is 21.1 Å². The molecule has 172 valence electrons. The lowest BCUT2D eigenvalue weighted by Gasteiger charge is -2.41. The van der Waals surface area contributed by atoms with Gasteiger partial charge in [-0.25, -0.2) is 4.79 Å². The maximum absolute atomic E-state index is 11.8. The molecule has 0 saturated carbocycles. The molecular weight excluding hydrogens is 454 g/mol. The van der Waals surface area contributed by atoms with E-state index < -0.39 is 5.97 Å². The second-order valence-corrected chi connectivity index (χ2v) is 8.35. The topological polar surface area (TPSA) is 76.8 Å². The molecule has 0 atom stereocenters. The van der Waals surface area contributed by atoms with Gasteiger partial charge in [-0.3, -0.25) is 4.98 Å². The molecule has 3 heterocycles. The highest BCUT2D eigenvalue weighted by Crippen LogP contribution is 2.33. The summed E-state index contributed by atoms with van der Waals surface area (Å²) in [5, 5.41) is 10.2. The summed E-state index contributed by atoms with van der Waals surface area (Å²) in [5.41, 5.74) is 2.63. The first kappa shape index (κ1) is 21.9. The van der Waals surface area contributed by atoms with Gasteiger partial charge in [0.2, 0.25) is 0 Å². The van der Waals surface area contributed by atoms with Crippen molar-refractivity contribution < 1.29 is 19.4 Å². The molecule has 0 unspecified atom stereocenters. The SMILES string of the molecule is O=C(O)c1cccc(N2CC(Oc3ccc(COc4cccnc4)c(Cl)c3)C2)c1-n1cccc1. The molecule has 2 aromatic carbocycles. The number of rotatable bonds is 8. The summed E-state index contributed by atoms with van der Waals surface area (Å²) in [6, 6.07) is 18.3. The Hall–Kier alpha value is -3.97. The summed E-state index contributed by atoms with van der Waals surface area (Å²) < 4.78 is 13.7. The van der Waals surface area contributed by atoms with Crippen LogP contribution < -0.4 is 14.4 Å². The smallest absolute Gasteiger partial charge is 0.337 e. The number of benzene rings is 2. The van der Waals surface area contributed by atoms with E-state index in [9.17, 15) is 9.90 Å². The fourth-order valence-electron chi connectivity index (χ4n) is 3.93. The van der Waals surface area contributed by atoms with Gasteiger partial charge in [-0.1, -0.05) is 23.7 Å². The Bertz CT molecular complexity index is 1290. The van der Waals surface area contributed by atoms with E-state index in [1.165, 1.54) is 0 Å². The van der Waals surface area contributed by atoms with Crippen molar-refractivity contribution in [3.05, 3.63) is 102 Å². The van der Waals surface area contributed by atoms with Gasteiger partial charge >= 0.3 is 5.97 Å². The molecule has 4 aromatic rings. The van der Waals surface area contributed by atoms with Gasteiger partial charge in [0, 0.05) is 24.2 Å². The Morgan fingerprint density at radius 1 is 1.06 bits per heavy atom. The monoisotopic (exact) mass is 475 g/mol. The second kappa shape index (κ2) is 9.49. The summed E-state index contributed by atoms with van der Waals surface area (Å²) in [4.78, 5) is 18.0. The molecule has 0 bridgehead atoms. The molecule has 5 rings (SSSR count). The van der Waals surface area contributed by atoms with Crippen LogP contribution in [0.3, 0.4) is 0 Å². The number of carboxylic acid groups (broad SMARTS) is 1. The van der Waals surface area contributed by atoms with Gasteiger partial charge in [-0.05, 0) is 48.5 Å². The van der Waals surface area contributed by atoms with Gasteiger partial charge in [0.1, 0.15) is 24.2 Å². The van der Waals surface area contributed by atoms with Gasteiger partial charge in [-0.2, -0.15) is 0 Å². The number of aromatic nitrogens is 2. The molecule has 1 aliphatic rings. The number of pyridine rings is 1. The molecule has 0 radical (unpaired) electrons. The molecule has 34 heavy (non-hydrogen) atoms. The van der Waals surface area contributed by atoms with Crippen molar-refractivity contribution in [3.63, 3.8) is 0 Å². The highest BCUT2D eigenvalue weighted by Gasteiger charge is 2.32. The quantitative estimate of drug-likeness (QED) is 0.383. The highest BCUT2D eigenvalue weighted by atomic mass is 35.5. The number of hydrogen-bond donors (Lipinski definition) is 1. The molecule has 1 N–H and O–H groups in total. The predicted molar refractivity (Wildman–Crippen MR) is 129 cm³/mol. The predicted octanol–water partition coefficient (Wildman–Crippen LogP) is 5.07. The standard InChI is InChI=1S/C26H22ClN3O4/c27-23-13-19(9-8-18(23)17-33-20-5-4-10-28-14-20)34-21-15-30(16-21)24-7-3-6-22(26(31)32)25(24)29-11-1-2-12-29/h1-14,21H,15-17H2,(H,31,32). The number of para-hydroxylation sites is 1. The summed E-state index contributed by atoms with van der Waals surface area (Å²) in [5.74, 6) is 0.408.